The largest absolute Gasteiger partial charge is 0.511 e. The summed E-state index contributed by atoms with van der Waals surface area (Å²) >= 11 is 0. The van der Waals surface area contributed by atoms with Gasteiger partial charge in [0.15, 0.2) is 11.5 Å². The molecule has 3 aromatic rings. The summed E-state index contributed by atoms with van der Waals surface area (Å²) in [5.74, 6) is -0.316. The van der Waals surface area contributed by atoms with Crippen LogP contribution in [-0.2, 0) is 11.3 Å². The maximum Gasteiger partial charge on any atom is 0.209 e. The smallest absolute Gasteiger partial charge is 0.209 e. The monoisotopic (exact) mass is 399 g/mol. The number of carbonyl (C=O) groups excluding carboxylic acids is 1. The molecule has 2 aromatic carbocycles. The molecule has 1 aliphatic carbocycles. The molecule has 0 fully saturated rings. The fourth-order valence-electron chi connectivity index (χ4n) is 5.62. The van der Waals surface area contributed by atoms with E-state index in [-0.39, 0.29) is 17.5 Å². The van der Waals surface area contributed by atoms with Gasteiger partial charge in [-0.3, -0.25) is 4.79 Å². The highest BCUT2D eigenvalue weighted by Gasteiger charge is 2.52. The second-order valence-corrected chi connectivity index (χ2v) is 8.25. The van der Waals surface area contributed by atoms with Crippen LogP contribution in [0.15, 0.2) is 54.3 Å². The maximum absolute atomic E-state index is 13.5. The van der Waals surface area contributed by atoms with E-state index < -0.39 is 5.92 Å². The van der Waals surface area contributed by atoms with Crippen LogP contribution in [0.5, 0.6) is 0 Å². The van der Waals surface area contributed by atoms with E-state index in [1.807, 2.05) is 37.3 Å². The third-order valence-corrected chi connectivity index (χ3v) is 6.96. The molecule has 2 heterocycles. The van der Waals surface area contributed by atoms with Crippen molar-refractivity contribution in [1.29, 1.82) is 0 Å². The molecule has 2 unspecified atom stereocenters. The standard InChI is InChI=1S/C26H26N2O2/c1-5-27-15(3)21(17-11-7-9-13-19(17)27)23-25(29)24(26(23)30)22-16(4)28(6-2)20-14-10-8-12-18(20)22/h7-14,21,23H,5-6H2,1-4H3/p+1. The van der Waals surface area contributed by atoms with E-state index in [2.05, 4.69) is 48.1 Å². The van der Waals surface area contributed by atoms with Crippen molar-refractivity contribution in [2.45, 2.75) is 40.2 Å². The Morgan fingerprint density at radius 1 is 1.00 bits per heavy atom. The molecule has 30 heavy (non-hydrogen) atoms. The van der Waals surface area contributed by atoms with E-state index in [1.54, 1.807) is 0 Å². The van der Waals surface area contributed by atoms with Gasteiger partial charge in [0.2, 0.25) is 5.69 Å². The molecule has 0 amide bonds. The van der Waals surface area contributed by atoms with E-state index in [0.717, 1.165) is 52.2 Å². The van der Waals surface area contributed by atoms with Gasteiger partial charge < -0.3 is 9.67 Å². The topological polar surface area (TPSA) is 45.2 Å². The van der Waals surface area contributed by atoms with Crippen LogP contribution in [0.25, 0.3) is 16.5 Å². The van der Waals surface area contributed by atoms with E-state index in [1.165, 1.54) is 0 Å². The fraction of sp³-hybridized carbons (Fsp3) is 0.308. The summed E-state index contributed by atoms with van der Waals surface area (Å²) in [6.07, 6.45) is 0. The first-order valence-corrected chi connectivity index (χ1v) is 10.8. The van der Waals surface area contributed by atoms with E-state index in [4.69, 9.17) is 0 Å². The molecule has 0 saturated heterocycles. The third-order valence-electron chi connectivity index (χ3n) is 6.96. The highest BCUT2D eigenvalue weighted by Crippen LogP contribution is 2.50. The Morgan fingerprint density at radius 3 is 2.40 bits per heavy atom. The zero-order valence-electron chi connectivity index (χ0n) is 17.9. The molecule has 5 rings (SSSR count). The molecular weight excluding hydrogens is 372 g/mol. The van der Waals surface area contributed by atoms with Gasteiger partial charge in [-0.1, -0.05) is 36.4 Å². The quantitative estimate of drug-likeness (QED) is 0.600. The van der Waals surface area contributed by atoms with Crippen LogP contribution in [0.4, 0.5) is 5.69 Å². The number of ketones is 1. The Hall–Kier alpha value is -3.14. The Bertz CT molecular complexity index is 1280. The van der Waals surface area contributed by atoms with Gasteiger partial charge in [-0.05, 0) is 26.8 Å². The molecular formula is C26H27N2O2+. The lowest BCUT2D eigenvalue weighted by Gasteiger charge is -2.31. The summed E-state index contributed by atoms with van der Waals surface area (Å²) in [7, 11) is 0. The number of Topliss-reactive ketones (excluding diaryl/α,β-unsaturated/α-hetero) is 1. The molecule has 1 aromatic heterocycles. The van der Waals surface area contributed by atoms with Gasteiger partial charge in [-0.25, -0.2) is 0 Å². The van der Waals surface area contributed by atoms with Gasteiger partial charge >= 0.3 is 0 Å². The van der Waals surface area contributed by atoms with Crippen molar-refractivity contribution >= 4 is 33.7 Å². The van der Waals surface area contributed by atoms with Gasteiger partial charge in [0.25, 0.3) is 0 Å². The Labute approximate surface area is 176 Å². The number of carbonyl (C=O) groups is 1. The lowest BCUT2D eigenvalue weighted by atomic mass is 9.68. The lowest BCUT2D eigenvalue weighted by Crippen LogP contribution is -2.37. The zero-order valence-corrected chi connectivity index (χ0v) is 17.9. The first-order valence-electron chi connectivity index (χ1n) is 10.8. The number of nitrogens with zero attached hydrogens (tertiary/aromatic N) is 2. The van der Waals surface area contributed by atoms with Gasteiger partial charge in [0, 0.05) is 47.3 Å². The number of hydrogen-bond acceptors (Lipinski definition) is 2. The molecule has 1 aliphatic heterocycles. The SMILES string of the molecule is CCn1c(C)c(C2=C(O)C(C3C(C)=[N+](CC)c4ccccc43)C2=O)c2ccccc21. The predicted octanol–water partition coefficient (Wildman–Crippen LogP) is 5.36. The molecule has 2 aliphatic rings. The van der Waals surface area contributed by atoms with Crippen LogP contribution in [0.3, 0.4) is 0 Å². The molecule has 1 N–H and O–H groups in total. The zero-order chi connectivity index (χ0) is 21.2. The van der Waals surface area contributed by atoms with Crippen molar-refractivity contribution < 1.29 is 14.5 Å². The molecule has 152 valence electrons. The number of para-hydroxylation sites is 2. The van der Waals surface area contributed by atoms with Crippen LogP contribution in [0.1, 0.15) is 43.5 Å². The predicted molar refractivity (Wildman–Crippen MR) is 121 cm³/mol. The number of rotatable bonds is 4. The summed E-state index contributed by atoms with van der Waals surface area (Å²) in [5.41, 5.74) is 6.95. The third kappa shape index (κ3) is 2.28. The van der Waals surface area contributed by atoms with Crippen LogP contribution in [0.2, 0.25) is 0 Å². The van der Waals surface area contributed by atoms with E-state index in [9.17, 15) is 9.90 Å². The van der Waals surface area contributed by atoms with Gasteiger partial charge in [-0.2, -0.15) is 4.58 Å². The minimum absolute atomic E-state index is 0.0479. The fourth-order valence-corrected chi connectivity index (χ4v) is 5.62. The average Bonchev–Trinajstić information content (AvgIpc) is 3.19. The number of allylic oxidation sites excluding steroid dienone is 2. The molecule has 0 bridgehead atoms. The molecule has 0 radical (unpaired) electrons. The Balaban J connectivity index is 1.67. The number of benzene rings is 2. The number of aryl methyl sites for hydroxylation is 1. The summed E-state index contributed by atoms with van der Waals surface area (Å²) in [5, 5.41) is 12.3. The highest BCUT2D eigenvalue weighted by atomic mass is 16.3. The molecule has 2 atom stereocenters. The minimum atomic E-state index is -0.499. The number of aliphatic hydroxyl groups is 1. The van der Waals surface area contributed by atoms with Crippen molar-refractivity contribution in [1.82, 2.24) is 4.57 Å². The summed E-state index contributed by atoms with van der Waals surface area (Å²) in [4.78, 5) is 13.5. The highest BCUT2D eigenvalue weighted by molar-refractivity contribution is 6.33. The molecule has 4 heteroatoms. The first kappa shape index (κ1) is 18.9. The molecule has 4 nitrogen and oxygen atoms in total. The maximum atomic E-state index is 13.5. The first-order chi connectivity index (χ1) is 14.5. The van der Waals surface area contributed by atoms with Crippen LogP contribution in [-0.4, -0.2) is 32.3 Å². The molecule has 0 saturated carbocycles. The second-order valence-electron chi connectivity index (χ2n) is 8.25. The van der Waals surface area contributed by atoms with Crippen molar-refractivity contribution in [2.75, 3.05) is 6.54 Å². The summed E-state index contributed by atoms with van der Waals surface area (Å²) in [6, 6.07) is 16.4. The van der Waals surface area contributed by atoms with Crippen molar-refractivity contribution in [3.05, 3.63) is 71.1 Å². The van der Waals surface area contributed by atoms with Crippen molar-refractivity contribution in [2.24, 2.45) is 5.92 Å². The van der Waals surface area contributed by atoms with E-state index in [0.29, 0.717) is 5.57 Å². The van der Waals surface area contributed by atoms with Crippen LogP contribution >= 0.6 is 0 Å². The van der Waals surface area contributed by atoms with Crippen LogP contribution in [0, 0.1) is 12.8 Å². The molecule has 0 spiro atoms. The normalized spacial score (nSPS) is 20.9. The second kappa shape index (κ2) is 6.69. The number of fused-ring (bicyclic) bond motifs is 2. The Morgan fingerprint density at radius 2 is 1.70 bits per heavy atom. The number of aromatic nitrogens is 1. The van der Waals surface area contributed by atoms with Crippen LogP contribution < -0.4 is 0 Å². The number of hydrogen-bond donors (Lipinski definition) is 1. The van der Waals surface area contributed by atoms with Gasteiger partial charge in [-0.15, -0.1) is 0 Å². The number of aliphatic hydroxyl groups excluding tert-OH is 1. The lowest BCUT2D eigenvalue weighted by molar-refractivity contribution is -0.434. The van der Waals surface area contributed by atoms with Crippen molar-refractivity contribution in [3.8, 4) is 0 Å². The summed E-state index contributed by atoms with van der Waals surface area (Å²) in [6.45, 7) is 10.0. The van der Waals surface area contributed by atoms with Crippen molar-refractivity contribution in [3.63, 3.8) is 0 Å². The Kier molecular flexibility index (Phi) is 4.21. The van der Waals surface area contributed by atoms with E-state index >= 15 is 0 Å². The summed E-state index contributed by atoms with van der Waals surface area (Å²) < 4.78 is 4.47. The van der Waals surface area contributed by atoms with Gasteiger partial charge in [0.05, 0.1) is 17.4 Å². The average molecular weight is 400 g/mol. The van der Waals surface area contributed by atoms with Gasteiger partial charge in [0.1, 0.15) is 12.3 Å². The minimum Gasteiger partial charge on any atom is -0.511 e.